The van der Waals surface area contributed by atoms with Crippen molar-refractivity contribution in [2.75, 3.05) is 14.1 Å². The molecule has 11 heteroatoms. The number of pyridine rings is 1. The number of benzene rings is 2. The fourth-order valence-electron chi connectivity index (χ4n) is 5.33. The van der Waals surface area contributed by atoms with Gasteiger partial charge in [-0.3, -0.25) is 4.98 Å². The lowest BCUT2D eigenvalue weighted by Crippen LogP contribution is -2.56. The summed E-state index contributed by atoms with van der Waals surface area (Å²) in [6, 6.07) is 18.2. The third kappa shape index (κ3) is 7.48. The number of alkyl halides is 5. The molecule has 0 radical (unpaired) electrons. The Morgan fingerprint density at radius 2 is 1.83 bits per heavy atom. The van der Waals surface area contributed by atoms with Crippen LogP contribution in [0.25, 0.3) is 0 Å². The van der Waals surface area contributed by atoms with Gasteiger partial charge in [-0.05, 0) is 68.2 Å². The number of rotatable bonds is 11. The van der Waals surface area contributed by atoms with Crippen LogP contribution in [0.15, 0.2) is 72.9 Å². The third-order valence-electron chi connectivity index (χ3n) is 7.35. The Labute approximate surface area is 251 Å². The van der Waals surface area contributed by atoms with Gasteiger partial charge in [0.2, 0.25) is 0 Å². The van der Waals surface area contributed by atoms with E-state index in [1.807, 2.05) is 50.5 Å². The van der Waals surface area contributed by atoms with Crippen LogP contribution in [-0.4, -0.2) is 54.6 Å². The highest BCUT2D eigenvalue weighted by Gasteiger charge is 2.45. The van der Waals surface area contributed by atoms with E-state index in [2.05, 4.69) is 42.9 Å². The van der Waals surface area contributed by atoms with Gasteiger partial charge in [-0.15, -0.1) is 0 Å². The Bertz CT molecular complexity index is 1300. The summed E-state index contributed by atoms with van der Waals surface area (Å²) >= 11 is 2.22. The highest BCUT2D eigenvalue weighted by atomic mass is 127. The van der Waals surface area contributed by atoms with Crippen LogP contribution in [0.4, 0.5) is 22.4 Å². The second-order valence-electron chi connectivity index (χ2n) is 10.4. The van der Waals surface area contributed by atoms with E-state index in [0.717, 1.165) is 30.4 Å². The Morgan fingerprint density at radius 3 is 2.46 bits per heavy atom. The van der Waals surface area contributed by atoms with Crippen LogP contribution in [0, 0.1) is 0 Å². The minimum atomic E-state index is -4.69. The minimum absolute atomic E-state index is 0.0896. The zero-order chi connectivity index (χ0) is 29.6. The molecule has 1 aliphatic rings. The number of carbonyl (C=O) groups is 1. The largest absolute Gasteiger partial charge is 0.461 e. The van der Waals surface area contributed by atoms with E-state index in [1.165, 1.54) is 18.2 Å². The maximum atomic E-state index is 13.9. The molecule has 1 fully saturated rings. The predicted octanol–water partition coefficient (Wildman–Crippen LogP) is 6.52. The summed E-state index contributed by atoms with van der Waals surface area (Å²) in [5.41, 5.74) is 1.24. The van der Waals surface area contributed by atoms with Gasteiger partial charge in [-0.2, -0.15) is 17.6 Å². The van der Waals surface area contributed by atoms with Crippen LogP contribution in [0.1, 0.15) is 41.6 Å². The van der Waals surface area contributed by atoms with E-state index < -0.39 is 29.9 Å². The standard InChI is InChI=1S/C30H33F4IN4O2/c1-39(2)25-13-7-12-24(25)37-28(40)38-29(17-20-8-4-3-5-9-20,26-15-14-21(18-35)19-36-26)22-10-6-11-23(16-22)41-30(33,34)27(31)32/h3-6,8-11,14-16,19,24-25,27H,7,12-13,17-18H2,1-2H3,(H2,37,38,40)/t24-,25-,29+/m1/s1. The fraction of sp³-hybridized carbons (Fsp3) is 0.400. The first-order chi connectivity index (χ1) is 19.5. The van der Waals surface area contributed by atoms with Crippen molar-refractivity contribution in [2.45, 2.75) is 60.3 Å². The number of nitrogens with one attached hydrogen (secondary N) is 2. The summed E-state index contributed by atoms with van der Waals surface area (Å²) in [7, 11) is 3.95. The molecule has 2 amide bonds. The summed E-state index contributed by atoms with van der Waals surface area (Å²) in [6.45, 7) is 0. The summed E-state index contributed by atoms with van der Waals surface area (Å²) in [5.74, 6) is -0.459. The Balaban J connectivity index is 1.81. The Hall–Kier alpha value is -2.93. The lowest BCUT2D eigenvalue weighted by atomic mass is 9.80. The molecule has 0 spiro atoms. The van der Waals surface area contributed by atoms with Crippen molar-refractivity contribution >= 4 is 28.6 Å². The van der Waals surface area contributed by atoms with Crippen molar-refractivity contribution in [2.24, 2.45) is 0 Å². The van der Waals surface area contributed by atoms with E-state index in [1.54, 1.807) is 18.3 Å². The van der Waals surface area contributed by atoms with Gasteiger partial charge in [0.1, 0.15) is 11.3 Å². The predicted molar refractivity (Wildman–Crippen MR) is 158 cm³/mol. The Kier molecular flexibility index (Phi) is 10.1. The molecular formula is C30H33F4IN4O2. The Morgan fingerprint density at radius 1 is 1.07 bits per heavy atom. The first kappa shape index (κ1) is 31.0. The van der Waals surface area contributed by atoms with E-state index in [0.29, 0.717) is 15.7 Å². The van der Waals surface area contributed by atoms with Crippen molar-refractivity contribution in [1.29, 1.82) is 0 Å². The molecule has 6 nitrogen and oxygen atoms in total. The van der Waals surface area contributed by atoms with Crippen LogP contribution < -0.4 is 15.4 Å². The van der Waals surface area contributed by atoms with Gasteiger partial charge in [0.15, 0.2) is 0 Å². The van der Waals surface area contributed by atoms with Crippen LogP contribution in [0.2, 0.25) is 0 Å². The summed E-state index contributed by atoms with van der Waals surface area (Å²) in [5, 5.41) is 6.23. The first-order valence-electron chi connectivity index (χ1n) is 13.3. The molecule has 3 aromatic rings. The molecule has 0 unspecified atom stereocenters. The number of nitrogens with zero attached hydrogens (tertiary/aromatic N) is 2. The molecule has 0 bridgehead atoms. The molecule has 1 aliphatic carbocycles. The fourth-order valence-corrected chi connectivity index (χ4v) is 5.78. The molecule has 3 atom stereocenters. The first-order valence-corrected chi connectivity index (χ1v) is 14.8. The molecule has 1 heterocycles. The SMILES string of the molecule is CN(C)[C@@H]1CCC[C@H]1NC(=O)N[C@@](Cc1ccccc1)(c1cccc(OC(F)(F)C(F)F)c1)c1ccc(CI)cn1. The second kappa shape index (κ2) is 13.4. The van der Waals surface area contributed by atoms with Gasteiger partial charge in [0.05, 0.1) is 5.69 Å². The average Bonchev–Trinajstić information content (AvgIpc) is 3.41. The van der Waals surface area contributed by atoms with E-state index in [-0.39, 0.29) is 18.5 Å². The lowest BCUT2D eigenvalue weighted by molar-refractivity contribution is -0.253. The zero-order valence-electron chi connectivity index (χ0n) is 22.8. The van der Waals surface area contributed by atoms with Crippen molar-refractivity contribution in [3.8, 4) is 5.75 Å². The molecule has 220 valence electrons. The van der Waals surface area contributed by atoms with E-state index in [9.17, 15) is 22.4 Å². The van der Waals surface area contributed by atoms with Crippen LogP contribution in [-0.2, 0) is 16.4 Å². The van der Waals surface area contributed by atoms with Crippen molar-refractivity contribution in [3.05, 3.63) is 95.3 Å². The highest BCUT2D eigenvalue weighted by Crippen LogP contribution is 2.36. The van der Waals surface area contributed by atoms with Gasteiger partial charge >= 0.3 is 18.6 Å². The highest BCUT2D eigenvalue weighted by molar-refractivity contribution is 14.1. The normalized spacial score (nSPS) is 18.8. The van der Waals surface area contributed by atoms with Gasteiger partial charge in [0, 0.05) is 29.1 Å². The quantitative estimate of drug-likeness (QED) is 0.137. The van der Waals surface area contributed by atoms with Crippen LogP contribution in [0.5, 0.6) is 5.75 Å². The molecule has 1 aromatic heterocycles. The minimum Gasteiger partial charge on any atom is -0.428 e. The number of likely N-dealkylation sites (N-methyl/N-ethyl adjacent to an activating group) is 1. The number of amides is 2. The monoisotopic (exact) mass is 684 g/mol. The number of carbonyl (C=O) groups excluding carboxylic acids is 1. The molecule has 1 saturated carbocycles. The van der Waals surface area contributed by atoms with Crippen LogP contribution in [0.3, 0.4) is 0 Å². The number of halogens is 5. The number of urea groups is 1. The molecule has 0 aliphatic heterocycles. The number of ether oxygens (including phenoxy) is 1. The molecular weight excluding hydrogens is 651 g/mol. The van der Waals surface area contributed by atoms with Crippen molar-refractivity contribution in [3.63, 3.8) is 0 Å². The van der Waals surface area contributed by atoms with E-state index in [4.69, 9.17) is 4.98 Å². The van der Waals surface area contributed by atoms with Gasteiger partial charge in [-0.25, -0.2) is 4.79 Å². The topological polar surface area (TPSA) is 66.5 Å². The van der Waals surface area contributed by atoms with Gasteiger partial charge < -0.3 is 20.3 Å². The zero-order valence-corrected chi connectivity index (χ0v) is 25.0. The maximum Gasteiger partial charge on any atom is 0.461 e. The maximum absolute atomic E-state index is 13.9. The van der Waals surface area contributed by atoms with Gasteiger partial charge in [-0.1, -0.05) is 71.1 Å². The van der Waals surface area contributed by atoms with Crippen molar-refractivity contribution < 1.29 is 27.1 Å². The molecule has 41 heavy (non-hydrogen) atoms. The molecule has 0 saturated heterocycles. The van der Waals surface area contributed by atoms with Gasteiger partial charge in [0.25, 0.3) is 0 Å². The average molecular weight is 685 g/mol. The molecule has 4 rings (SSSR count). The number of aromatic nitrogens is 1. The van der Waals surface area contributed by atoms with E-state index >= 15 is 0 Å². The number of hydrogen-bond acceptors (Lipinski definition) is 4. The summed E-state index contributed by atoms with van der Waals surface area (Å²) in [6.07, 6.45) is -4.06. The molecule has 2 aromatic carbocycles. The summed E-state index contributed by atoms with van der Waals surface area (Å²) < 4.78 is 58.8. The van der Waals surface area contributed by atoms with Crippen molar-refractivity contribution in [1.82, 2.24) is 20.5 Å². The second-order valence-corrected chi connectivity index (χ2v) is 11.2. The smallest absolute Gasteiger partial charge is 0.428 e. The third-order valence-corrected chi connectivity index (χ3v) is 8.23. The molecule has 2 N–H and O–H groups in total. The van der Waals surface area contributed by atoms with Crippen LogP contribution >= 0.6 is 22.6 Å². The summed E-state index contributed by atoms with van der Waals surface area (Å²) in [4.78, 5) is 20.5. The lowest BCUT2D eigenvalue weighted by Gasteiger charge is -2.37. The number of hydrogen-bond donors (Lipinski definition) is 2.